The Hall–Kier alpha value is -2.19. The highest BCUT2D eigenvalue weighted by atomic mass is 32.1. The predicted octanol–water partition coefficient (Wildman–Crippen LogP) is 5.45. The second-order valence-corrected chi connectivity index (χ2v) is 6.67. The molecule has 0 spiro atoms. The molecule has 0 aliphatic heterocycles. The van der Waals surface area contributed by atoms with Crippen LogP contribution in [-0.4, -0.2) is 10.9 Å². The summed E-state index contributed by atoms with van der Waals surface area (Å²) in [6.45, 7) is 1.38. The van der Waals surface area contributed by atoms with Crippen LogP contribution < -0.4 is 5.32 Å². The Labute approximate surface area is 143 Å². The van der Waals surface area contributed by atoms with Crippen molar-refractivity contribution in [2.24, 2.45) is 0 Å². The van der Waals surface area contributed by atoms with Crippen molar-refractivity contribution in [2.45, 2.75) is 13.1 Å². The summed E-state index contributed by atoms with van der Waals surface area (Å²) in [5.41, 5.74) is 0.517. The van der Waals surface area contributed by atoms with Gasteiger partial charge in [0.2, 0.25) is 0 Å². The zero-order valence-electron chi connectivity index (χ0n) is 12.3. The van der Waals surface area contributed by atoms with E-state index in [4.69, 9.17) is 0 Å². The number of aromatic nitrogens is 1. The van der Waals surface area contributed by atoms with Gasteiger partial charge in [-0.1, -0.05) is 6.07 Å². The third-order valence-electron chi connectivity index (χ3n) is 3.31. The highest BCUT2D eigenvalue weighted by Crippen LogP contribution is 2.33. The Bertz CT molecular complexity index is 870. The van der Waals surface area contributed by atoms with Crippen LogP contribution in [0.5, 0.6) is 0 Å². The first-order valence-corrected chi connectivity index (χ1v) is 8.64. The number of thiazole rings is 1. The summed E-state index contributed by atoms with van der Waals surface area (Å²) in [6, 6.07) is 5.59. The molecule has 0 saturated carbocycles. The van der Waals surface area contributed by atoms with Gasteiger partial charge in [-0.2, -0.15) is 24.5 Å². The molecule has 3 aromatic rings. The molecule has 24 heavy (non-hydrogen) atoms. The maximum atomic E-state index is 12.9. The van der Waals surface area contributed by atoms with Gasteiger partial charge in [-0.3, -0.25) is 4.79 Å². The molecule has 3 nitrogen and oxygen atoms in total. The van der Waals surface area contributed by atoms with Crippen LogP contribution in [0.25, 0.3) is 10.6 Å². The average Bonchev–Trinajstić information content (AvgIpc) is 3.18. The summed E-state index contributed by atoms with van der Waals surface area (Å²) in [5.74, 6) is -0.537. The Morgan fingerprint density at radius 3 is 2.67 bits per heavy atom. The van der Waals surface area contributed by atoms with E-state index in [1.807, 2.05) is 16.8 Å². The van der Waals surface area contributed by atoms with Crippen LogP contribution in [0.4, 0.5) is 18.9 Å². The van der Waals surface area contributed by atoms with Crippen molar-refractivity contribution in [3.05, 3.63) is 57.2 Å². The number of hydrogen-bond donors (Lipinski definition) is 1. The second kappa shape index (κ2) is 6.37. The van der Waals surface area contributed by atoms with Gasteiger partial charge < -0.3 is 5.32 Å². The Kier molecular flexibility index (Phi) is 4.42. The number of amides is 1. The largest absolute Gasteiger partial charge is 0.416 e. The Morgan fingerprint density at radius 1 is 1.21 bits per heavy atom. The number of anilines is 1. The monoisotopic (exact) mass is 368 g/mol. The summed E-state index contributed by atoms with van der Waals surface area (Å²) in [5, 5.41) is 8.56. The van der Waals surface area contributed by atoms with E-state index in [0.29, 0.717) is 5.01 Å². The fraction of sp³-hybridized carbons (Fsp3) is 0.125. The normalized spacial score (nSPS) is 11.5. The molecule has 1 aromatic carbocycles. The molecule has 0 aliphatic carbocycles. The molecule has 0 unspecified atom stereocenters. The molecule has 0 aliphatic rings. The number of thiophene rings is 1. The van der Waals surface area contributed by atoms with Crippen molar-refractivity contribution >= 4 is 34.3 Å². The lowest BCUT2D eigenvalue weighted by atomic mass is 10.1. The lowest BCUT2D eigenvalue weighted by Gasteiger charge is -2.12. The molecule has 124 valence electrons. The third-order valence-corrected chi connectivity index (χ3v) is 4.88. The molecular formula is C16H11F3N2OS2. The lowest BCUT2D eigenvalue weighted by Crippen LogP contribution is -2.14. The molecule has 1 N–H and O–H groups in total. The van der Waals surface area contributed by atoms with Crippen LogP contribution in [0.3, 0.4) is 0 Å². The zero-order chi connectivity index (χ0) is 17.3. The van der Waals surface area contributed by atoms with E-state index >= 15 is 0 Å². The standard InChI is InChI=1S/C16H11F3N2OS2/c1-9-2-3-11(6-12(9)16(17,18)19)20-14(22)13-8-24-15(21-13)10-4-5-23-7-10/h2-8H,1H3,(H,20,22). The molecular weight excluding hydrogens is 357 g/mol. The second-order valence-electron chi connectivity index (χ2n) is 5.03. The van der Waals surface area contributed by atoms with Gasteiger partial charge in [-0.15, -0.1) is 11.3 Å². The number of alkyl halides is 3. The van der Waals surface area contributed by atoms with Crippen molar-refractivity contribution < 1.29 is 18.0 Å². The van der Waals surface area contributed by atoms with E-state index < -0.39 is 17.6 Å². The van der Waals surface area contributed by atoms with E-state index in [0.717, 1.165) is 11.6 Å². The topological polar surface area (TPSA) is 42.0 Å². The molecule has 0 saturated heterocycles. The fourth-order valence-corrected chi connectivity index (χ4v) is 3.61. The van der Waals surface area contributed by atoms with Crippen molar-refractivity contribution in [3.8, 4) is 10.6 Å². The summed E-state index contributed by atoms with van der Waals surface area (Å²) >= 11 is 2.83. The van der Waals surface area contributed by atoms with Gasteiger partial charge in [0.25, 0.3) is 5.91 Å². The summed E-state index contributed by atoms with van der Waals surface area (Å²) in [6.07, 6.45) is -4.46. The van der Waals surface area contributed by atoms with Crippen molar-refractivity contribution in [2.75, 3.05) is 5.32 Å². The quantitative estimate of drug-likeness (QED) is 0.668. The number of benzene rings is 1. The number of rotatable bonds is 3. The predicted molar refractivity (Wildman–Crippen MR) is 89.6 cm³/mol. The minimum absolute atomic E-state index is 0.0861. The summed E-state index contributed by atoms with van der Waals surface area (Å²) in [4.78, 5) is 16.4. The smallest absolute Gasteiger partial charge is 0.321 e. The van der Waals surface area contributed by atoms with Crippen molar-refractivity contribution in [1.29, 1.82) is 0 Å². The van der Waals surface area contributed by atoms with Gasteiger partial charge in [-0.05, 0) is 36.1 Å². The maximum Gasteiger partial charge on any atom is 0.416 e. The van der Waals surface area contributed by atoms with Gasteiger partial charge in [0, 0.05) is 22.0 Å². The van der Waals surface area contributed by atoms with E-state index in [-0.39, 0.29) is 16.9 Å². The SMILES string of the molecule is Cc1ccc(NC(=O)c2csc(-c3ccsc3)n2)cc1C(F)(F)F. The van der Waals surface area contributed by atoms with Gasteiger partial charge in [0.05, 0.1) is 5.56 Å². The first-order chi connectivity index (χ1) is 11.3. The number of nitrogens with one attached hydrogen (secondary N) is 1. The molecule has 0 atom stereocenters. The molecule has 2 heterocycles. The van der Waals surface area contributed by atoms with E-state index in [2.05, 4.69) is 10.3 Å². The Balaban J connectivity index is 1.80. The van der Waals surface area contributed by atoms with Crippen LogP contribution in [0.2, 0.25) is 0 Å². The Morgan fingerprint density at radius 2 is 2.00 bits per heavy atom. The third kappa shape index (κ3) is 3.49. The van der Waals surface area contributed by atoms with Crippen LogP contribution in [-0.2, 0) is 6.18 Å². The summed E-state index contributed by atoms with van der Waals surface area (Å²) < 4.78 is 38.8. The number of carbonyl (C=O) groups excluding carboxylic acids is 1. The lowest BCUT2D eigenvalue weighted by molar-refractivity contribution is -0.138. The van der Waals surface area contributed by atoms with Gasteiger partial charge in [0.15, 0.2) is 0 Å². The molecule has 2 aromatic heterocycles. The highest BCUT2D eigenvalue weighted by molar-refractivity contribution is 7.14. The summed E-state index contributed by atoms with van der Waals surface area (Å²) in [7, 11) is 0. The number of halogens is 3. The van der Waals surface area contributed by atoms with Crippen LogP contribution in [0.1, 0.15) is 21.6 Å². The van der Waals surface area contributed by atoms with Crippen LogP contribution >= 0.6 is 22.7 Å². The van der Waals surface area contributed by atoms with Crippen molar-refractivity contribution in [3.63, 3.8) is 0 Å². The highest BCUT2D eigenvalue weighted by Gasteiger charge is 2.32. The number of nitrogens with zero attached hydrogens (tertiary/aromatic N) is 1. The molecule has 0 radical (unpaired) electrons. The van der Waals surface area contributed by atoms with Crippen molar-refractivity contribution in [1.82, 2.24) is 4.98 Å². The zero-order valence-corrected chi connectivity index (χ0v) is 14.0. The number of carbonyl (C=O) groups is 1. The number of hydrogen-bond acceptors (Lipinski definition) is 4. The fourth-order valence-electron chi connectivity index (χ4n) is 2.10. The molecule has 8 heteroatoms. The average molecular weight is 368 g/mol. The van der Waals surface area contributed by atoms with Gasteiger partial charge in [-0.25, -0.2) is 4.98 Å². The first-order valence-electron chi connectivity index (χ1n) is 6.82. The van der Waals surface area contributed by atoms with Gasteiger partial charge in [0.1, 0.15) is 10.7 Å². The maximum absolute atomic E-state index is 12.9. The minimum atomic E-state index is -4.46. The molecule has 0 bridgehead atoms. The van der Waals surface area contributed by atoms with E-state index in [1.54, 1.807) is 5.38 Å². The van der Waals surface area contributed by atoms with E-state index in [1.165, 1.54) is 41.7 Å². The minimum Gasteiger partial charge on any atom is -0.321 e. The molecule has 1 amide bonds. The van der Waals surface area contributed by atoms with Gasteiger partial charge >= 0.3 is 6.18 Å². The molecule has 3 rings (SSSR count). The molecule has 0 fully saturated rings. The van der Waals surface area contributed by atoms with Crippen LogP contribution in [0.15, 0.2) is 40.4 Å². The number of aryl methyl sites for hydroxylation is 1. The first kappa shape index (κ1) is 16.7. The van der Waals surface area contributed by atoms with E-state index in [9.17, 15) is 18.0 Å². The van der Waals surface area contributed by atoms with Crippen LogP contribution in [0, 0.1) is 6.92 Å².